The molecular weight excluding hydrogens is 250 g/mol. The SMILES string of the molecule is CCCNc1ccnc(CN2CC(CCC)CC2=O)c1. The van der Waals surface area contributed by atoms with Crippen LogP contribution in [-0.2, 0) is 11.3 Å². The van der Waals surface area contributed by atoms with Gasteiger partial charge in [-0.15, -0.1) is 0 Å². The fourth-order valence-electron chi connectivity index (χ4n) is 2.75. The number of pyridine rings is 1. The first kappa shape index (κ1) is 14.8. The quantitative estimate of drug-likeness (QED) is 0.832. The molecular formula is C16H25N3O. The van der Waals surface area contributed by atoms with Gasteiger partial charge in [0.15, 0.2) is 0 Å². The van der Waals surface area contributed by atoms with Gasteiger partial charge in [0.25, 0.3) is 0 Å². The molecule has 1 aliphatic rings. The van der Waals surface area contributed by atoms with Crippen molar-refractivity contribution in [3.8, 4) is 0 Å². The molecule has 1 fully saturated rings. The van der Waals surface area contributed by atoms with E-state index in [9.17, 15) is 4.79 Å². The molecule has 1 aliphatic heterocycles. The molecule has 4 nitrogen and oxygen atoms in total. The first-order chi connectivity index (χ1) is 9.72. The van der Waals surface area contributed by atoms with E-state index in [1.54, 1.807) is 0 Å². The highest BCUT2D eigenvalue weighted by Gasteiger charge is 2.28. The summed E-state index contributed by atoms with van der Waals surface area (Å²) in [6.07, 6.45) is 5.92. The molecule has 1 atom stereocenters. The fraction of sp³-hybridized carbons (Fsp3) is 0.625. The average molecular weight is 275 g/mol. The lowest BCUT2D eigenvalue weighted by Gasteiger charge is -2.16. The molecule has 1 aromatic heterocycles. The molecule has 2 rings (SSSR count). The maximum atomic E-state index is 12.0. The largest absolute Gasteiger partial charge is 0.385 e. The first-order valence-corrected chi connectivity index (χ1v) is 7.69. The van der Waals surface area contributed by atoms with Crippen molar-refractivity contribution in [2.75, 3.05) is 18.4 Å². The number of carbonyl (C=O) groups is 1. The Morgan fingerprint density at radius 3 is 3.00 bits per heavy atom. The topological polar surface area (TPSA) is 45.2 Å². The molecule has 0 radical (unpaired) electrons. The van der Waals surface area contributed by atoms with Gasteiger partial charge in [0.2, 0.25) is 5.91 Å². The highest BCUT2D eigenvalue weighted by molar-refractivity contribution is 5.78. The average Bonchev–Trinajstić information content (AvgIpc) is 2.77. The van der Waals surface area contributed by atoms with Crippen molar-refractivity contribution in [3.05, 3.63) is 24.0 Å². The summed E-state index contributed by atoms with van der Waals surface area (Å²) in [6, 6.07) is 4.03. The van der Waals surface area contributed by atoms with E-state index in [2.05, 4.69) is 30.2 Å². The number of hydrogen-bond donors (Lipinski definition) is 1. The van der Waals surface area contributed by atoms with E-state index in [0.29, 0.717) is 18.9 Å². The summed E-state index contributed by atoms with van der Waals surface area (Å²) in [4.78, 5) is 18.3. The predicted octanol–water partition coefficient (Wildman–Crippen LogP) is 3.05. The highest BCUT2D eigenvalue weighted by atomic mass is 16.2. The zero-order valence-electron chi connectivity index (χ0n) is 12.6. The van der Waals surface area contributed by atoms with Crippen molar-refractivity contribution in [2.24, 2.45) is 5.92 Å². The number of anilines is 1. The van der Waals surface area contributed by atoms with Crippen molar-refractivity contribution < 1.29 is 4.79 Å². The smallest absolute Gasteiger partial charge is 0.223 e. The van der Waals surface area contributed by atoms with Crippen molar-refractivity contribution >= 4 is 11.6 Å². The van der Waals surface area contributed by atoms with E-state index >= 15 is 0 Å². The van der Waals surface area contributed by atoms with E-state index in [4.69, 9.17) is 0 Å². The van der Waals surface area contributed by atoms with E-state index in [1.165, 1.54) is 0 Å². The minimum atomic E-state index is 0.275. The summed E-state index contributed by atoms with van der Waals surface area (Å²) in [5, 5.41) is 3.36. The van der Waals surface area contributed by atoms with E-state index in [-0.39, 0.29) is 5.91 Å². The number of amides is 1. The van der Waals surface area contributed by atoms with Gasteiger partial charge < -0.3 is 10.2 Å². The van der Waals surface area contributed by atoms with Crippen molar-refractivity contribution in [1.29, 1.82) is 0 Å². The Balaban J connectivity index is 1.94. The molecule has 1 aromatic rings. The van der Waals surface area contributed by atoms with E-state index in [1.807, 2.05) is 17.2 Å². The second-order valence-corrected chi connectivity index (χ2v) is 5.60. The fourth-order valence-corrected chi connectivity index (χ4v) is 2.75. The van der Waals surface area contributed by atoms with E-state index in [0.717, 1.165) is 43.7 Å². The van der Waals surface area contributed by atoms with Gasteiger partial charge in [-0.25, -0.2) is 0 Å². The number of aromatic nitrogens is 1. The van der Waals surface area contributed by atoms with Gasteiger partial charge in [-0.2, -0.15) is 0 Å². The monoisotopic (exact) mass is 275 g/mol. The minimum Gasteiger partial charge on any atom is -0.385 e. The highest BCUT2D eigenvalue weighted by Crippen LogP contribution is 2.23. The molecule has 0 saturated carbocycles. The number of carbonyl (C=O) groups excluding carboxylic acids is 1. The first-order valence-electron chi connectivity index (χ1n) is 7.69. The van der Waals surface area contributed by atoms with Crippen LogP contribution in [0.15, 0.2) is 18.3 Å². The standard InChI is InChI=1S/C16H25N3O/c1-3-5-13-9-16(20)19(11-13)12-15-10-14(6-8-18-15)17-7-4-2/h6,8,10,13H,3-5,7,9,11-12H2,1-2H3,(H,17,18). The second-order valence-electron chi connectivity index (χ2n) is 5.60. The van der Waals surface area contributed by atoms with Gasteiger partial charge in [-0.05, 0) is 30.9 Å². The summed E-state index contributed by atoms with van der Waals surface area (Å²) in [6.45, 7) is 6.82. The molecule has 0 aliphatic carbocycles. The molecule has 1 N–H and O–H groups in total. The van der Waals surface area contributed by atoms with Gasteiger partial charge in [-0.1, -0.05) is 20.3 Å². The molecule has 1 saturated heterocycles. The van der Waals surface area contributed by atoms with Crippen LogP contribution in [0.2, 0.25) is 0 Å². The molecule has 0 spiro atoms. The summed E-state index contributed by atoms with van der Waals surface area (Å²) >= 11 is 0. The lowest BCUT2D eigenvalue weighted by atomic mass is 10.0. The third kappa shape index (κ3) is 3.95. The molecule has 20 heavy (non-hydrogen) atoms. The van der Waals surface area contributed by atoms with Crippen LogP contribution < -0.4 is 5.32 Å². The van der Waals surface area contributed by atoms with Gasteiger partial charge >= 0.3 is 0 Å². The summed E-state index contributed by atoms with van der Waals surface area (Å²) in [5.74, 6) is 0.811. The van der Waals surface area contributed by atoms with Crippen molar-refractivity contribution in [1.82, 2.24) is 9.88 Å². The van der Waals surface area contributed by atoms with Crippen molar-refractivity contribution in [2.45, 2.75) is 46.1 Å². The summed E-state index contributed by atoms with van der Waals surface area (Å²) < 4.78 is 0. The van der Waals surface area contributed by atoms with Crippen LogP contribution in [0.3, 0.4) is 0 Å². The van der Waals surface area contributed by atoms with Gasteiger partial charge in [-0.3, -0.25) is 9.78 Å². The zero-order chi connectivity index (χ0) is 14.4. The normalized spacial score (nSPS) is 18.6. The lowest BCUT2D eigenvalue weighted by Crippen LogP contribution is -2.25. The van der Waals surface area contributed by atoms with Crippen LogP contribution in [-0.4, -0.2) is 28.9 Å². The molecule has 110 valence electrons. The maximum absolute atomic E-state index is 12.0. The Labute approximate surface area is 121 Å². The number of nitrogens with one attached hydrogen (secondary N) is 1. The van der Waals surface area contributed by atoms with Crippen LogP contribution in [0.1, 0.15) is 45.2 Å². The Morgan fingerprint density at radius 2 is 2.25 bits per heavy atom. The minimum absolute atomic E-state index is 0.275. The van der Waals surface area contributed by atoms with Gasteiger partial charge in [0, 0.05) is 31.4 Å². The van der Waals surface area contributed by atoms with Gasteiger partial charge in [0.1, 0.15) is 0 Å². The number of rotatable bonds is 7. The van der Waals surface area contributed by atoms with Crippen LogP contribution in [0.4, 0.5) is 5.69 Å². The third-order valence-corrected chi connectivity index (χ3v) is 3.74. The lowest BCUT2D eigenvalue weighted by molar-refractivity contribution is -0.128. The molecule has 0 bridgehead atoms. The van der Waals surface area contributed by atoms with Crippen LogP contribution in [0.25, 0.3) is 0 Å². The Morgan fingerprint density at radius 1 is 1.40 bits per heavy atom. The van der Waals surface area contributed by atoms with Crippen LogP contribution in [0, 0.1) is 5.92 Å². The maximum Gasteiger partial charge on any atom is 0.223 e. The third-order valence-electron chi connectivity index (χ3n) is 3.74. The number of nitrogens with zero attached hydrogens (tertiary/aromatic N) is 2. The number of hydrogen-bond acceptors (Lipinski definition) is 3. The summed E-state index contributed by atoms with van der Waals surface area (Å²) in [7, 11) is 0. The predicted molar refractivity (Wildman–Crippen MR) is 81.4 cm³/mol. The van der Waals surface area contributed by atoms with Crippen LogP contribution in [0.5, 0.6) is 0 Å². The van der Waals surface area contributed by atoms with Gasteiger partial charge in [0.05, 0.1) is 12.2 Å². The zero-order valence-corrected chi connectivity index (χ0v) is 12.6. The molecule has 0 aromatic carbocycles. The van der Waals surface area contributed by atoms with E-state index < -0.39 is 0 Å². The Bertz CT molecular complexity index is 447. The molecule has 2 heterocycles. The Hall–Kier alpha value is -1.58. The van der Waals surface area contributed by atoms with Crippen LogP contribution >= 0.6 is 0 Å². The number of likely N-dealkylation sites (tertiary alicyclic amines) is 1. The molecule has 4 heteroatoms. The van der Waals surface area contributed by atoms with Crippen molar-refractivity contribution in [3.63, 3.8) is 0 Å². The Kier molecular flexibility index (Phi) is 5.39. The molecule has 1 unspecified atom stereocenters. The summed E-state index contributed by atoms with van der Waals surface area (Å²) in [5.41, 5.74) is 2.06. The second kappa shape index (κ2) is 7.27. The molecule has 1 amide bonds.